The van der Waals surface area contributed by atoms with E-state index in [0.717, 1.165) is 25.9 Å². The number of methoxy groups -OCH3 is 2. The maximum atomic E-state index is 11.7. The Morgan fingerprint density at radius 1 is 1.25 bits per heavy atom. The second-order valence-electron chi connectivity index (χ2n) is 3.86. The third kappa shape index (κ3) is 4.47. The van der Waals surface area contributed by atoms with Gasteiger partial charge in [-0.2, -0.15) is 0 Å². The van der Waals surface area contributed by atoms with Gasteiger partial charge in [0.25, 0.3) is 0 Å². The average molecular weight is 231 g/mol. The lowest BCUT2D eigenvalue weighted by molar-refractivity contribution is -0.138. The van der Waals surface area contributed by atoms with E-state index in [9.17, 15) is 4.79 Å². The Kier molecular flexibility index (Phi) is 6.37. The van der Waals surface area contributed by atoms with Crippen LogP contribution in [0.4, 0.5) is 0 Å². The summed E-state index contributed by atoms with van der Waals surface area (Å²) < 4.78 is 15.3. The highest BCUT2D eigenvalue weighted by Gasteiger charge is 2.22. The molecule has 0 bridgehead atoms. The lowest BCUT2D eigenvalue weighted by Gasteiger charge is -2.31. The molecule has 5 nitrogen and oxygen atoms in total. The fraction of sp³-hybridized carbons (Fsp3) is 0.909. The Morgan fingerprint density at radius 2 is 1.94 bits per heavy atom. The highest BCUT2D eigenvalue weighted by Crippen LogP contribution is 2.12. The van der Waals surface area contributed by atoms with Gasteiger partial charge in [-0.15, -0.1) is 0 Å². The van der Waals surface area contributed by atoms with Crippen LogP contribution in [0.1, 0.15) is 12.8 Å². The summed E-state index contributed by atoms with van der Waals surface area (Å²) in [5.74, 6) is 0.0608. The Morgan fingerprint density at radius 3 is 2.50 bits per heavy atom. The third-order valence-corrected chi connectivity index (χ3v) is 2.79. The van der Waals surface area contributed by atoms with Gasteiger partial charge in [-0.1, -0.05) is 0 Å². The van der Waals surface area contributed by atoms with Crippen LogP contribution in [0.2, 0.25) is 0 Å². The molecule has 1 amide bonds. The predicted molar refractivity (Wildman–Crippen MR) is 59.3 cm³/mol. The van der Waals surface area contributed by atoms with Crippen molar-refractivity contribution < 1.29 is 19.0 Å². The summed E-state index contributed by atoms with van der Waals surface area (Å²) in [6.07, 6.45) is 2.14. The first kappa shape index (κ1) is 13.4. The van der Waals surface area contributed by atoms with Crippen LogP contribution in [0.5, 0.6) is 0 Å². The van der Waals surface area contributed by atoms with Crippen molar-refractivity contribution in [3.63, 3.8) is 0 Å². The number of hydrogen-bond donors (Lipinski definition) is 0. The molecule has 0 aromatic carbocycles. The zero-order valence-electron chi connectivity index (χ0n) is 10.1. The zero-order chi connectivity index (χ0) is 11.8. The van der Waals surface area contributed by atoms with E-state index in [-0.39, 0.29) is 12.5 Å². The molecule has 0 aromatic rings. The molecule has 1 saturated heterocycles. The molecule has 0 aliphatic carbocycles. The molecule has 0 unspecified atom stereocenters. The highest BCUT2D eigenvalue weighted by molar-refractivity contribution is 5.77. The fourth-order valence-corrected chi connectivity index (χ4v) is 1.73. The van der Waals surface area contributed by atoms with E-state index in [1.807, 2.05) is 4.90 Å². The number of carbonyl (C=O) groups is 1. The maximum absolute atomic E-state index is 11.7. The van der Waals surface area contributed by atoms with Crippen molar-refractivity contribution in [1.82, 2.24) is 4.90 Å². The molecular weight excluding hydrogens is 210 g/mol. The van der Waals surface area contributed by atoms with Crippen molar-refractivity contribution >= 4 is 5.91 Å². The first-order chi connectivity index (χ1) is 7.77. The summed E-state index contributed by atoms with van der Waals surface area (Å²) >= 11 is 0. The normalized spacial score (nSPS) is 17.8. The minimum absolute atomic E-state index is 0.0608. The molecule has 1 fully saturated rings. The molecule has 1 aliphatic rings. The molecule has 0 radical (unpaired) electrons. The standard InChI is InChI=1S/C11H21NO4/c1-14-7-8-16-9-11(13)12-5-3-10(15-2)4-6-12/h10H,3-9H2,1-2H3. The van der Waals surface area contributed by atoms with Crippen molar-refractivity contribution in [3.05, 3.63) is 0 Å². The van der Waals surface area contributed by atoms with Crippen LogP contribution in [0.3, 0.4) is 0 Å². The number of amides is 1. The largest absolute Gasteiger partial charge is 0.382 e. The van der Waals surface area contributed by atoms with E-state index in [1.54, 1.807) is 14.2 Å². The summed E-state index contributed by atoms with van der Waals surface area (Å²) in [5, 5.41) is 0. The van der Waals surface area contributed by atoms with Crippen molar-refractivity contribution in [1.29, 1.82) is 0 Å². The van der Waals surface area contributed by atoms with Crippen molar-refractivity contribution in [2.45, 2.75) is 18.9 Å². The van der Waals surface area contributed by atoms with Crippen LogP contribution in [0.15, 0.2) is 0 Å². The molecule has 0 aromatic heterocycles. The van der Waals surface area contributed by atoms with Gasteiger partial charge < -0.3 is 19.1 Å². The predicted octanol–water partition coefficient (Wildman–Crippen LogP) is 0.287. The number of likely N-dealkylation sites (tertiary alicyclic amines) is 1. The number of piperidine rings is 1. The lowest BCUT2D eigenvalue weighted by Crippen LogP contribution is -2.42. The molecule has 5 heteroatoms. The number of rotatable bonds is 6. The van der Waals surface area contributed by atoms with Gasteiger partial charge in [0, 0.05) is 27.3 Å². The Labute approximate surface area is 96.6 Å². The Hall–Kier alpha value is -0.650. The van der Waals surface area contributed by atoms with E-state index in [1.165, 1.54) is 0 Å². The van der Waals surface area contributed by atoms with Crippen LogP contribution in [0, 0.1) is 0 Å². The van der Waals surface area contributed by atoms with E-state index >= 15 is 0 Å². The molecule has 1 aliphatic heterocycles. The SMILES string of the molecule is COCCOCC(=O)N1CCC(OC)CC1. The van der Waals surface area contributed by atoms with Crippen LogP contribution >= 0.6 is 0 Å². The third-order valence-electron chi connectivity index (χ3n) is 2.79. The lowest BCUT2D eigenvalue weighted by atomic mass is 10.1. The topological polar surface area (TPSA) is 48.0 Å². The van der Waals surface area contributed by atoms with Crippen LogP contribution in [-0.2, 0) is 19.0 Å². The van der Waals surface area contributed by atoms with E-state index in [4.69, 9.17) is 14.2 Å². The first-order valence-corrected chi connectivity index (χ1v) is 5.65. The summed E-state index contributed by atoms with van der Waals surface area (Å²) in [6, 6.07) is 0. The molecule has 16 heavy (non-hydrogen) atoms. The van der Waals surface area contributed by atoms with Crippen LogP contribution in [-0.4, -0.2) is 64.0 Å². The molecular formula is C11H21NO4. The molecule has 0 atom stereocenters. The van der Waals surface area contributed by atoms with Gasteiger partial charge in [0.1, 0.15) is 6.61 Å². The average Bonchev–Trinajstić information content (AvgIpc) is 2.34. The van der Waals surface area contributed by atoms with Crippen molar-refractivity contribution in [3.8, 4) is 0 Å². The maximum Gasteiger partial charge on any atom is 0.248 e. The monoisotopic (exact) mass is 231 g/mol. The molecule has 0 spiro atoms. The van der Waals surface area contributed by atoms with Gasteiger partial charge in [0.2, 0.25) is 5.91 Å². The van der Waals surface area contributed by atoms with Crippen LogP contribution in [0.25, 0.3) is 0 Å². The molecule has 0 saturated carbocycles. The first-order valence-electron chi connectivity index (χ1n) is 5.65. The second-order valence-corrected chi connectivity index (χ2v) is 3.86. The summed E-state index contributed by atoms with van der Waals surface area (Å²) in [6.45, 7) is 2.69. The van der Waals surface area contributed by atoms with Gasteiger partial charge in [0.15, 0.2) is 0 Å². The minimum Gasteiger partial charge on any atom is -0.382 e. The number of carbonyl (C=O) groups excluding carboxylic acids is 1. The van der Waals surface area contributed by atoms with Gasteiger partial charge in [-0.25, -0.2) is 0 Å². The van der Waals surface area contributed by atoms with E-state index in [2.05, 4.69) is 0 Å². The summed E-state index contributed by atoms with van der Waals surface area (Å²) in [7, 11) is 3.33. The van der Waals surface area contributed by atoms with Gasteiger partial charge in [-0.3, -0.25) is 4.79 Å². The molecule has 1 heterocycles. The van der Waals surface area contributed by atoms with Gasteiger partial charge >= 0.3 is 0 Å². The van der Waals surface area contributed by atoms with Crippen molar-refractivity contribution in [2.24, 2.45) is 0 Å². The Bertz CT molecular complexity index is 202. The zero-order valence-corrected chi connectivity index (χ0v) is 10.1. The van der Waals surface area contributed by atoms with E-state index < -0.39 is 0 Å². The number of hydrogen-bond acceptors (Lipinski definition) is 4. The van der Waals surface area contributed by atoms with Gasteiger partial charge in [-0.05, 0) is 12.8 Å². The molecule has 0 N–H and O–H groups in total. The molecule has 1 rings (SSSR count). The highest BCUT2D eigenvalue weighted by atomic mass is 16.5. The smallest absolute Gasteiger partial charge is 0.248 e. The quantitative estimate of drug-likeness (QED) is 0.616. The summed E-state index contributed by atoms with van der Waals surface area (Å²) in [5.41, 5.74) is 0. The fourth-order valence-electron chi connectivity index (χ4n) is 1.73. The summed E-state index contributed by atoms with van der Waals surface area (Å²) in [4.78, 5) is 13.5. The number of nitrogens with zero attached hydrogens (tertiary/aromatic N) is 1. The number of ether oxygens (including phenoxy) is 3. The van der Waals surface area contributed by atoms with Crippen LogP contribution < -0.4 is 0 Å². The van der Waals surface area contributed by atoms with Crippen molar-refractivity contribution in [2.75, 3.05) is 47.1 Å². The minimum atomic E-state index is 0.0608. The van der Waals surface area contributed by atoms with E-state index in [0.29, 0.717) is 19.3 Å². The Balaban J connectivity index is 2.13. The van der Waals surface area contributed by atoms with Gasteiger partial charge in [0.05, 0.1) is 19.3 Å². The second kappa shape index (κ2) is 7.60. The molecule has 94 valence electrons.